The van der Waals surface area contributed by atoms with Crippen LogP contribution in [0.4, 0.5) is 17.1 Å². The van der Waals surface area contributed by atoms with Gasteiger partial charge in [-0.15, -0.1) is 0 Å². The number of hydrogen-bond donors (Lipinski definition) is 7. The molecule has 0 radical (unpaired) electrons. The Hall–Kier alpha value is -10.2. The van der Waals surface area contributed by atoms with Gasteiger partial charge >= 0.3 is 5.97 Å². The summed E-state index contributed by atoms with van der Waals surface area (Å²) in [6.45, 7) is 10.7. The summed E-state index contributed by atoms with van der Waals surface area (Å²) >= 11 is 1.41. The SMILES string of the molecule is CC(=O)O[C@@H]1CC/C=C/O[C@H]2Oc3c(C)c(O)c4c(=O)c(c5oc6cc(N7CCC([N+](C)(C)Cc8ccc(NC(=O)CNC(=O)C9(C(=O)N[C@H](CC(=O)NCCCCCN%10C(=O)C=CC%10=O)c%10ccsc%10)CCC9)cc8)CC7)cc(=O)c6nc5c4c3=C2O)NC(=O)/C(C)=C\C=C\[C@H](C)CCC[C@H]1C. The number of benzene rings is 4. The quantitative estimate of drug-likeness (QED) is 0.00712. The number of aliphatic hydroxyl groups excluding tert-OH is 1. The van der Waals surface area contributed by atoms with Crippen LogP contribution >= 0.6 is 11.3 Å². The second-order valence-corrected chi connectivity index (χ2v) is 29.1. The molecule has 2 fully saturated rings. The maximum absolute atomic E-state index is 15.0. The Labute approximate surface area is 599 Å². The van der Waals surface area contributed by atoms with Crippen molar-refractivity contribution < 1.29 is 71.7 Å². The van der Waals surface area contributed by atoms with E-state index < -0.39 is 63.7 Å². The maximum atomic E-state index is 15.0. The van der Waals surface area contributed by atoms with Crippen molar-refractivity contribution >= 4 is 114 Å². The van der Waals surface area contributed by atoms with Gasteiger partial charge in [0.2, 0.25) is 34.5 Å². The summed E-state index contributed by atoms with van der Waals surface area (Å²) in [4.78, 5) is 142. The predicted molar refractivity (Wildman–Crippen MR) is 390 cm³/mol. The average Bonchev–Trinajstić information content (AvgIpc) is 1.69. The zero-order valence-corrected chi connectivity index (χ0v) is 60.0. The van der Waals surface area contributed by atoms with Gasteiger partial charge in [0, 0.05) is 104 Å². The molecule has 5 aliphatic rings. The Morgan fingerprint density at radius 1 is 0.864 bits per heavy atom. The predicted octanol–water partition coefficient (Wildman–Crippen LogP) is 9.10. The molecule has 0 spiro atoms. The fraction of sp³-hybridized carbons (Fsp3) is 0.442. The van der Waals surface area contributed by atoms with Crippen molar-refractivity contribution in [3.05, 3.63) is 144 Å². The summed E-state index contributed by atoms with van der Waals surface area (Å²) in [5.41, 5.74) is -0.358. The summed E-state index contributed by atoms with van der Waals surface area (Å²) in [6.07, 6.45) is 17.2. The monoisotopic (exact) mass is 1430 g/mol. The highest BCUT2D eigenvalue weighted by Gasteiger charge is 2.51. The summed E-state index contributed by atoms with van der Waals surface area (Å²) in [5.74, 6) is -4.29. The molecular weight excluding hydrogens is 1340 g/mol. The first-order chi connectivity index (χ1) is 49.3. The van der Waals surface area contributed by atoms with Crippen molar-refractivity contribution in [3.63, 3.8) is 0 Å². The van der Waals surface area contributed by atoms with E-state index in [-0.39, 0.29) is 134 Å². The van der Waals surface area contributed by atoms with Crippen LogP contribution in [-0.2, 0) is 54.4 Å². The third kappa shape index (κ3) is 16.7. The van der Waals surface area contributed by atoms with Crippen molar-refractivity contribution in [3.8, 4) is 11.5 Å². The molecule has 1 saturated heterocycles. The number of piperidine rings is 1. The van der Waals surface area contributed by atoms with Gasteiger partial charge in [-0.2, -0.15) is 11.3 Å². The van der Waals surface area contributed by atoms with E-state index in [0.717, 1.165) is 43.2 Å². The van der Waals surface area contributed by atoms with Crippen LogP contribution in [0.2, 0.25) is 0 Å². The zero-order chi connectivity index (χ0) is 73.4. The number of phenolic OH excluding ortho intramolecular Hbond substituents is 1. The Morgan fingerprint density at radius 3 is 2.31 bits per heavy atom. The minimum absolute atomic E-state index is 0.000436. The fourth-order valence-electron chi connectivity index (χ4n) is 14.3. The first-order valence-corrected chi connectivity index (χ1v) is 36.3. The van der Waals surface area contributed by atoms with Gasteiger partial charge in [0.25, 0.3) is 24.0 Å². The molecule has 1 aliphatic carbocycles. The van der Waals surface area contributed by atoms with E-state index in [1.165, 1.54) is 54.6 Å². The van der Waals surface area contributed by atoms with Crippen LogP contribution in [0.5, 0.6) is 11.5 Å². The molecule has 4 bridgehead atoms. The molecule has 7 amide bonds. The Kier molecular flexibility index (Phi) is 23.0. The number of fused-ring (bicyclic) bond motifs is 2. The number of imide groups is 1. The molecule has 4 aromatic carbocycles. The lowest BCUT2D eigenvalue weighted by molar-refractivity contribution is -0.928. The number of hydrogen-bond acceptors (Lipinski definition) is 19. The molecule has 6 aromatic rings. The van der Waals surface area contributed by atoms with Crippen molar-refractivity contribution in [1.29, 1.82) is 0 Å². The van der Waals surface area contributed by atoms with E-state index in [9.17, 15) is 53.4 Å². The van der Waals surface area contributed by atoms with Crippen molar-refractivity contribution in [1.82, 2.24) is 25.8 Å². The molecule has 5 atom stereocenters. The lowest BCUT2D eigenvalue weighted by Crippen LogP contribution is -2.56. The second-order valence-electron chi connectivity index (χ2n) is 28.3. The number of carbonyl (C=O) groups is 8. The molecule has 6 heterocycles. The number of ether oxygens (including phenoxy) is 3. The van der Waals surface area contributed by atoms with Crippen LogP contribution in [-0.4, -0.2) is 137 Å². The minimum atomic E-state index is -1.43. The third-order valence-electron chi connectivity index (χ3n) is 20.6. The summed E-state index contributed by atoms with van der Waals surface area (Å²) in [5, 5.41) is 41.3. The molecule has 4 aliphatic heterocycles. The molecule has 25 nitrogen and oxygen atoms in total. The second kappa shape index (κ2) is 32.0. The topological polar surface area (TPSA) is 332 Å². The number of carbonyl (C=O) groups excluding carboxylic acids is 8. The molecular formula is C77H90N9O16S+. The lowest BCUT2D eigenvalue weighted by Gasteiger charge is -2.43. The zero-order valence-electron chi connectivity index (χ0n) is 59.2. The Morgan fingerprint density at radius 2 is 1.61 bits per heavy atom. The van der Waals surface area contributed by atoms with E-state index in [1.54, 1.807) is 43.4 Å². The van der Waals surface area contributed by atoms with Gasteiger partial charge < -0.3 is 64.8 Å². The number of phenols is 1. The molecule has 26 heteroatoms. The van der Waals surface area contributed by atoms with Gasteiger partial charge in [-0.3, -0.25) is 52.8 Å². The molecule has 544 valence electrons. The fourth-order valence-corrected chi connectivity index (χ4v) is 15.0. The normalized spacial score (nSPS) is 21.1. The van der Waals surface area contributed by atoms with Gasteiger partial charge in [-0.1, -0.05) is 57.0 Å². The van der Waals surface area contributed by atoms with Crippen molar-refractivity contribution in [2.45, 2.75) is 156 Å². The number of esters is 1. The summed E-state index contributed by atoms with van der Waals surface area (Å²) in [6, 6.07) is 12.0. The first kappa shape index (κ1) is 74.0. The number of thiophene rings is 1. The number of anilines is 3. The van der Waals surface area contributed by atoms with Crippen molar-refractivity contribution in [2.75, 3.05) is 62.4 Å². The van der Waals surface area contributed by atoms with Gasteiger partial charge in [0.1, 0.15) is 40.8 Å². The molecule has 7 N–H and O–H groups in total. The number of aliphatic hydroxyl groups is 1. The molecule has 1 saturated carbocycles. The highest BCUT2D eigenvalue weighted by molar-refractivity contribution is 7.08. The number of aromatic nitrogens is 1. The summed E-state index contributed by atoms with van der Waals surface area (Å²) in [7, 11) is 4.31. The lowest BCUT2D eigenvalue weighted by atomic mass is 9.67. The minimum Gasteiger partial charge on any atom is -0.507 e. The third-order valence-corrected chi connectivity index (χ3v) is 21.3. The highest BCUT2D eigenvalue weighted by Crippen LogP contribution is 2.43. The Balaban J connectivity index is 0.732. The van der Waals surface area contributed by atoms with Crippen LogP contribution < -0.4 is 52.3 Å². The van der Waals surface area contributed by atoms with Gasteiger partial charge in [0.05, 0.1) is 56.0 Å². The number of nitrogens with zero attached hydrogens (tertiary/aromatic N) is 4. The van der Waals surface area contributed by atoms with Crippen LogP contribution in [0.3, 0.4) is 0 Å². The van der Waals surface area contributed by atoms with E-state index in [2.05, 4.69) is 59.4 Å². The summed E-state index contributed by atoms with van der Waals surface area (Å²) < 4.78 is 25.0. The van der Waals surface area contributed by atoms with Gasteiger partial charge in [0.15, 0.2) is 22.4 Å². The maximum Gasteiger partial charge on any atom is 0.302 e. The highest BCUT2D eigenvalue weighted by atomic mass is 32.1. The van der Waals surface area contributed by atoms with Gasteiger partial charge in [-0.05, 0) is 124 Å². The number of unbranched alkanes of at least 4 members (excludes halogenated alkanes) is 2. The number of quaternary nitrogens is 1. The smallest absolute Gasteiger partial charge is 0.302 e. The molecule has 0 unspecified atom stereocenters. The average molecular weight is 1430 g/mol. The number of rotatable bonds is 20. The number of nitrogens with one attached hydrogen (secondary N) is 5. The Bertz CT molecular complexity index is 4590. The van der Waals surface area contributed by atoms with Gasteiger partial charge in [-0.25, -0.2) is 4.98 Å². The number of allylic oxidation sites excluding steroid dienone is 4. The van der Waals surface area contributed by atoms with Crippen LogP contribution in [0.1, 0.15) is 140 Å². The van der Waals surface area contributed by atoms with Crippen LogP contribution in [0.25, 0.3) is 38.7 Å². The van der Waals surface area contributed by atoms with E-state index >= 15 is 4.79 Å². The van der Waals surface area contributed by atoms with E-state index in [0.29, 0.717) is 87.1 Å². The molecule has 11 rings (SSSR count). The molecule has 2 aromatic heterocycles. The first-order valence-electron chi connectivity index (χ1n) is 35.4. The van der Waals surface area contributed by atoms with Crippen LogP contribution in [0, 0.1) is 24.2 Å². The number of amides is 7. The standard InChI is InChI=1S/C77H89N9O16S/c1-44-16-13-18-45(2)56(100-48(5)87)20-9-12-36-99-74-70(95)64-62-63(68(93)47(4)71(64)102-74)69(94)67(83-73(96)46(3)19-14-17-44)72-66(62)82-65-55(88)38-52(39-57(65)101-72)84-34-27-53(28-35-84)86(6,7)42-49-21-23-51(24-22-49)80-59(90)41-79-75(97)77(30-15-31-77)76(98)81-54(50-29-37-103-43-50)40-58(89)78-32-10-8-11-33-85-60(91)25-26-61(85)92/h12,14,17,19,21-26,29,36-39,43-45,53-54,56,74H,8-11,13,15-16,18,20,27-28,30-35,40-42H2,1-7H3,(H6-,78,79,80,81,82,83,88,89,90,91,92,93,94,95,96,97,98)/p+1/b17-14+,36-12+,46-19-/t44-,45-,54-,56-,74+/m1/s1. The molecule has 103 heavy (non-hydrogen) atoms. The van der Waals surface area contributed by atoms with E-state index in [1.807, 2.05) is 35.0 Å². The largest absolute Gasteiger partial charge is 0.507 e. The number of aromatic hydroxyl groups is 1. The van der Waals surface area contributed by atoms with E-state index in [4.69, 9.17) is 23.6 Å². The van der Waals surface area contributed by atoms with Crippen LogP contribution in [0.15, 0.2) is 116 Å². The van der Waals surface area contributed by atoms with Crippen molar-refractivity contribution in [2.24, 2.45) is 17.3 Å².